The second-order valence-electron chi connectivity index (χ2n) is 4.19. The second kappa shape index (κ2) is 5.17. The summed E-state index contributed by atoms with van der Waals surface area (Å²) in [6.45, 7) is 4.62. The van der Waals surface area contributed by atoms with Gasteiger partial charge in [-0.05, 0) is 24.7 Å². The third kappa shape index (κ3) is 3.44. The molecule has 0 aromatic carbocycles. The molecule has 0 heterocycles. The van der Waals surface area contributed by atoms with Crippen LogP contribution in [0.5, 0.6) is 0 Å². The topological polar surface area (TPSA) is 26.3 Å². The maximum absolute atomic E-state index is 10.9. The SMILES string of the molecule is CCC1(CO[PH](C)=O)CCCCC1. The van der Waals surface area contributed by atoms with Crippen molar-refractivity contribution in [1.82, 2.24) is 0 Å². The van der Waals surface area contributed by atoms with E-state index in [-0.39, 0.29) is 0 Å². The molecule has 78 valence electrons. The number of hydrogen-bond donors (Lipinski definition) is 0. The van der Waals surface area contributed by atoms with Gasteiger partial charge >= 0.3 is 0 Å². The Kier molecular flexibility index (Phi) is 4.48. The van der Waals surface area contributed by atoms with E-state index in [4.69, 9.17) is 4.52 Å². The molecule has 1 aliphatic rings. The van der Waals surface area contributed by atoms with Crippen LogP contribution in [-0.2, 0) is 9.09 Å². The smallest absolute Gasteiger partial charge is 0.188 e. The van der Waals surface area contributed by atoms with Crippen LogP contribution < -0.4 is 0 Å². The molecule has 1 saturated carbocycles. The van der Waals surface area contributed by atoms with E-state index in [0.29, 0.717) is 5.41 Å². The highest BCUT2D eigenvalue weighted by atomic mass is 31.1. The van der Waals surface area contributed by atoms with Gasteiger partial charge in [0, 0.05) is 6.66 Å². The van der Waals surface area contributed by atoms with E-state index in [1.807, 2.05) is 0 Å². The minimum Gasteiger partial charge on any atom is -0.330 e. The van der Waals surface area contributed by atoms with Gasteiger partial charge in [0.15, 0.2) is 8.03 Å². The molecule has 0 aromatic heterocycles. The molecule has 1 atom stereocenters. The molecule has 1 rings (SSSR count). The van der Waals surface area contributed by atoms with Crippen molar-refractivity contribution < 1.29 is 9.09 Å². The zero-order chi connectivity index (χ0) is 9.73. The maximum Gasteiger partial charge on any atom is 0.188 e. The largest absolute Gasteiger partial charge is 0.330 e. The molecule has 1 aliphatic carbocycles. The second-order valence-corrected chi connectivity index (χ2v) is 5.47. The zero-order valence-corrected chi connectivity index (χ0v) is 9.77. The summed E-state index contributed by atoms with van der Waals surface area (Å²) in [5, 5.41) is 0. The van der Waals surface area contributed by atoms with E-state index in [9.17, 15) is 4.57 Å². The van der Waals surface area contributed by atoms with Crippen molar-refractivity contribution in [2.75, 3.05) is 13.3 Å². The van der Waals surface area contributed by atoms with Gasteiger partial charge in [0.1, 0.15) is 0 Å². The van der Waals surface area contributed by atoms with E-state index in [1.54, 1.807) is 6.66 Å². The third-order valence-corrected chi connectivity index (χ3v) is 3.80. The minimum atomic E-state index is -1.73. The first-order chi connectivity index (χ1) is 6.18. The first-order valence-corrected chi connectivity index (χ1v) is 7.13. The average Bonchev–Trinajstić information content (AvgIpc) is 2.16. The highest BCUT2D eigenvalue weighted by Gasteiger charge is 2.30. The lowest BCUT2D eigenvalue weighted by Crippen LogP contribution is -2.27. The summed E-state index contributed by atoms with van der Waals surface area (Å²) in [5.74, 6) is 0. The Morgan fingerprint density at radius 2 is 1.92 bits per heavy atom. The molecule has 1 unspecified atom stereocenters. The molecule has 0 amide bonds. The van der Waals surface area contributed by atoms with Crippen molar-refractivity contribution in [3.8, 4) is 0 Å². The van der Waals surface area contributed by atoms with Gasteiger partial charge in [0.25, 0.3) is 0 Å². The molecule has 0 N–H and O–H groups in total. The Labute approximate surface area is 81.9 Å². The van der Waals surface area contributed by atoms with Gasteiger partial charge in [0.2, 0.25) is 0 Å². The fraction of sp³-hybridized carbons (Fsp3) is 1.00. The lowest BCUT2D eigenvalue weighted by Gasteiger charge is -2.35. The Hall–Kier alpha value is 0.190. The van der Waals surface area contributed by atoms with Crippen LogP contribution in [-0.4, -0.2) is 13.3 Å². The van der Waals surface area contributed by atoms with Crippen LogP contribution >= 0.6 is 8.03 Å². The normalized spacial score (nSPS) is 24.2. The summed E-state index contributed by atoms with van der Waals surface area (Å²) in [5.41, 5.74) is 0.356. The Morgan fingerprint density at radius 3 is 2.38 bits per heavy atom. The third-order valence-electron chi connectivity index (χ3n) is 3.25. The molecule has 0 saturated heterocycles. The van der Waals surface area contributed by atoms with E-state index < -0.39 is 8.03 Å². The molecule has 0 bridgehead atoms. The van der Waals surface area contributed by atoms with Gasteiger partial charge in [-0.25, -0.2) is 0 Å². The molecule has 0 radical (unpaired) electrons. The standard InChI is InChI=1S/C10H21O2P/c1-3-10(9-12-13(2)11)7-5-4-6-8-10/h13H,3-9H2,1-2H3. The summed E-state index contributed by atoms with van der Waals surface area (Å²) < 4.78 is 16.2. The van der Waals surface area contributed by atoms with Gasteiger partial charge in [-0.2, -0.15) is 0 Å². The maximum atomic E-state index is 10.9. The number of rotatable bonds is 4. The number of hydrogen-bond acceptors (Lipinski definition) is 2. The first kappa shape index (κ1) is 11.3. The van der Waals surface area contributed by atoms with Crippen LogP contribution in [0.15, 0.2) is 0 Å². The zero-order valence-electron chi connectivity index (χ0n) is 8.77. The molecule has 0 spiro atoms. The molecule has 0 aromatic rings. The van der Waals surface area contributed by atoms with Crippen LogP contribution in [0.4, 0.5) is 0 Å². The molecule has 3 heteroatoms. The Bertz CT molecular complexity index is 174. The van der Waals surface area contributed by atoms with Crippen molar-refractivity contribution in [2.45, 2.75) is 45.4 Å². The van der Waals surface area contributed by atoms with Crippen molar-refractivity contribution in [3.63, 3.8) is 0 Å². The van der Waals surface area contributed by atoms with Crippen LogP contribution in [0.1, 0.15) is 45.4 Å². The summed E-state index contributed by atoms with van der Waals surface area (Å²) >= 11 is 0. The highest BCUT2D eigenvalue weighted by Crippen LogP contribution is 2.40. The lowest BCUT2D eigenvalue weighted by molar-refractivity contribution is 0.0982. The summed E-state index contributed by atoms with van der Waals surface area (Å²) in [6.07, 6.45) is 7.70. The van der Waals surface area contributed by atoms with Crippen molar-refractivity contribution in [3.05, 3.63) is 0 Å². The van der Waals surface area contributed by atoms with Gasteiger partial charge in [0.05, 0.1) is 6.61 Å². The monoisotopic (exact) mass is 204 g/mol. The summed E-state index contributed by atoms with van der Waals surface area (Å²) in [4.78, 5) is 0. The molecule has 2 nitrogen and oxygen atoms in total. The predicted octanol–water partition coefficient (Wildman–Crippen LogP) is 3.47. The van der Waals surface area contributed by atoms with Crippen LogP contribution in [0, 0.1) is 5.41 Å². The Morgan fingerprint density at radius 1 is 1.31 bits per heavy atom. The summed E-state index contributed by atoms with van der Waals surface area (Å²) in [6, 6.07) is 0. The summed E-state index contributed by atoms with van der Waals surface area (Å²) in [7, 11) is -1.73. The van der Waals surface area contributed by atoms with Gasteiger partial charge in [-0.15, -0.1) is 0 Å². The van der Waals surface area contributed by atoms with Crippen LogP contribution in [0.25, 0.3) is 0 Å². The van der Waals surface area contributed by atoms with Crippen molar-refractivity contribution in [1.29, 1.82) is 0 Å². The predicted molar refractivity (Wildman–Crippen MR) is 56.7 cm³/mol. The lowest BCUT2D eigenvalue weighted by atomic mass is 9.73. The van der Waals surface area contributed by atoms with Crippen LogP contribution in [0.2, 0.25) is 0 Å². The first-order valence-electron chi connectivity index (χ1n) is 5.32. The van der Waals surface area contributed by atoms with Crippen molar-refractivity contribution >= 4 is 8.03 Å². The molecule has 0 aliphatic heterocycles. The van der Waals surface area contributed by atoms with E-state index in [1.165, 1.54) is 38.5 Å². The molecular formula is C10H21O2P. The van der Waals surface area contributed by atoms with E-state index in [2.05, 4.69) is 6.92 Å². The quantitative estimate of drug-likeness (QED) is 0.655. The van der Waals surface area contributed by atoms with E-state index >= 15 is 0 Å². The van der Waals surface area contributed by atoms with Gasteiger partial charge in [-0.1, -0.05) is 26.2 Å². The molecule has 13 heavy (non-hydrogen) atoms. The minimum absolute atomic E-state index is 0.356. The van der Waals surface area contributed by atoms with Crippen molar-refractivity contribution in [2.24, 2.45) is 5.41 Å². The molecular weight excluding hydrogens is 183 g/mol. The highest BCUT2D eigenvalue weighted by molar-refractivity contribution is 7.38. The van der Waals surface area contributed by atoms with E-state index in [0.717, 1.165) is 6.61 Å². The van der Waals surface area contributed by atoms with Crippen LogP contribution in [0.3, 0.4) is 0 Å². The van der Waals surface area contributed by atoms with Gasteiger partial charge < -0.3 is 4.52 Å². The average molecular weight is 204 g/mol. The fourth-order valence-corrected chi connectivity index (χ4v) is 2.67. The van der Waals surface area contributed by atoms with Gasteiger partial charge in [-0.3, -0.25) is 4.57 Å². The molecule has 1 fully saturated rings. The Balaban J connectivity index is 2.42. The fourth-order valence-electron chi connectivity index (χ4n) is 2.16.